The number of hydrogen-bond donors (Lipinski definition) is 1. The molecule has 0 spiro atoms. The van der Waals surface area contributed by atoms with Crippen LogP contribution in [0.25, 0.3) is 6.08 Å². The maximum absolute atomic E-state index is 12.0. The monoisotopic (exact) mass is 261 g/mol. The number of carbonyl (C=O) groups is 1. The summed E-state index contributed by atoms with van der Waals surface area (Å²) in [4.78, 5) is 13.8. The average molecular weight is 261 g/mol. The molecule has 1 N–H and O–H groups in total. The number of rotatable bonds is 4. The topological polar surface area (TPSA) is 49.8 Å². The number of benzene rings is 1. The van der Waals surface area contributed by atoms with Crippen LogP contribution in [0.3, 0.4) is 0 Å². The number of nitrogens with zero attached hydrogens (tertiary/aromatic N) is 1. The SMILES string of the molecule is COc1ccccc1C=CC(=O)N1CCC(CO)C1. The predicted molar refractivity (Wildman–Crippen MR) is 73.8 cm³/mol. The van der Waals surface area contributed by atoms with Crippen LogP contribution in [0.1, 0.15) is 12.0 Å². The first kappa shape index (κ1) is 13.6. The molecule has 0 saturated carbocycles. The summed E-state index contributed by atoms with van der Waals surface area (Å²) >= 11 is 0. The lowest BCUT2D eigenvalue weighted by Crippen LogP contribution is -2.27. The Morgan fingerprint density at radius 3 is 3.00 bits per heavy atom. The van der Waals surface area contributed by atoms with Crippen LogP contribution in [0.4, 0.5) is 0 Å². The minimum atomic E-state index is -0.0122. The molecule has 1 aliphatic heterocycles. The number of likely N-dealkylation sites (tertiary alicyclic amines) is 1. The van der Waals surface area contributed by atoms with Crippen LogP contribution in [-0.2, 0) is 4.79 Å². The van der Waals surface area contributed by atoms with E-state index in [1.807, 2.05) is 24.3 Å². The van der Waals surface area contributed by atoms with Crippen molar-refractivity contribution in [3.05, 3.63) is 35.9 Å². The molecule has 1 atom stereocenters. The van der Waals surface area contributed by atoms with Crippen molar-refractivity contribution in [1.29, 1.82) is 0 Å². The smallest absolute Gasteiger partial charge is 0.246 e. The molecule has 1 aliphatic rings. The van der Waals surface area contributed by atoms with Gasteiger partial charge in [-0.1, -0.05) is 18.2 Å². The summed E-state index contributed by atoms with van der Waals surface area (Å²) in [5.41, 5.74) is 0.885. The first-order chi connectivity index (χ1) is 9.24. The molecule has 1 amide bonds. The molecule has 1 aromatic rings. The highest BCUT2D eigenvalue weighted by Gasteiger charge is 2.24. The average Bonchev–Trinajstić information content (AvgIpc) is 2.94. The van der Waals surface area contributed by atoms with Crippen LogP contribution >= 0.6 is 0 Å². The fourth-order valence-electron chi connectivity index (χ4n) is 2.25. The first-order valence-electron chi connectivity index (χ1n) is 6.45. The van der Waals surface area contributed by atoms with Gasteiger partial charge in [-0.15, -0.1) is 0 Å². The maximum atomic E-state index is 12.0. The largest absolute Gasteiger partial charge is 0.496 e. The Morgan fingerprint density at radius 2 is 2.32 bits per heavy atom. The molecule has 1 unspecified atom stereocenters. The Bertz CT molecular complexity index is 470. The van der Waals surface area contributed by atoms with Gasteiger partial charge in [0.2, 0.25) is 5.91 Å². The summed E-state index contributed by atoms with van der Waals surface area (Å²) in [5, 5.41) is 9.07. The van der Waals surface area contributed by atoms with Crippen molar-refractivity contribution in [3.63, 3.8) is 0 Å². The third-order valence-corrected chi connectivity index (χ3v) is 3.40. The lowest BCUT2D eigenvalue weighted by atomic mass is 10.1. The van der Waals surface area contributed by atoms with Crippen molar-refractivity contribution in [1.82, 2.24) is 4.90 Å². The maximum Gasteiger partial charge on any atom is 0.246 e. The second-order valence-corrected chi connectivity index (χ2v) is 4.70. The predicted octanol–water partition coefficient (Wildman–Crippen LogP) is 1.55. The van der Waals surface area contributed by atoms with E-state index in [0.717, 1.165) is 24.3 Å². The lowest BCUT2D eigenvalue weighted by Gasteiger charge is -2.13. The van der Waals surface area contributed by atoms with E-state index < -0.39 is 0 Å². The fraction of sp³-hybridized carbons (Fsp3) is 0.400. The number of amides is 1. The van der Waals surface area contributed by atoms with Crippen molar-refractivity contribution in [2.45, 2.75) is 6.42 Å². The molecule has 19 heavy (non-hydrogen) atoms. The molecule has 1 saturated heterocycles. The van der Waals surface area contributed by atoms with Gasteiger partial charge in [-0.25, -0.2) is 0 Å². The minimum Gasteiger partial charge on any atom is -0.496 e. The number of para-hydroxylation sites is 1. The highest BCUT2D eigenvalue weighted by Crippen LogP contribution is 2.20. The molecule has 1 heterocycles. The highest BCUT2D eigenvalue weighted by atomic mass is 16.5. The van der Waals surface area contributed by atoms with E-state index in [1.165, 1.54) is 0 Å². The standard InChI is InChI=1S/C15H19NO3/c1-19-14-5-3-2-4-13(14)6-7-15(18)16-9-8-12(10-16)11-17/h2-7,12,17H,8-11H2,1H3. The van der Waals surface area contributed by atoms with Crippen LogP contribution in [0.15, 0.2) is 30.3 Å². The van der Waals surface area contributed by atoms with Crippen LogP contribution in [-0.4, -0.2) is 42.7 Å². The van der Waals surface area contributed by atoms with Crippen molar-refractivity contribution in [3.8, 4) is 5.75 Å². The summed E-state index contributed by atoms with van der Waals surface area (Å²) in [6.07, 6.45) is 4.22. The van der Waals surface area contributed by atoms with E-state index >= 15 is 0 Å². The van der Waals surface area contributed by atoms with Gasteiger partial charge in [0.05, 0.1) is 7.11 Å². The van der Waals surface area contributed by atoms with Crippen molar-refractivity contribution < 1.29 is 14.6 Å². The Kier molecular flexibility index (Phi) is 4.58. The summed E-state index contributed by atoms with van der Waals surface area (Å²) in [6, 6.07) is 7.57. The van der Waals surface area contributed by atoms with Crippen molar-refractivity contribution >= 4 is 12.0 Å². The van der Waals surface area contributed by atoms with E-state index in [4.69, 9.17) is 9.84 Å². The Balaban J connectivity index is 2.00. The number of carbonyl (C=O) groups excluding carboxylic acids is 1. The van der Waals surface area contributed by atoms with E-state index in [1.54, 1.807) is 24.2 Å². The van der Waals surface area contributed by atoms with E-state index in [9.17, 15) is 4.79 Å². The number of hydrogen-bond acceptors (Lipinski definition) is 3. The molecule has 1 aromatic carbocycles. The number of aliphatic hydroxyl groups excluding tert-OH is 1. The van der Waals surface area contributed by atoms with E-state index in [2.05, 4.69) is 0 Å². The summed E-state index contributed by atoms with van der Waals surface area (Å²) in [6.45, 7) is 1.52. The quantitative estimate of drug-likeness (QED) is 0.837. The second-order valence-electron chi connectivity index (χ2n) is 4.70. The number of aliphatic hydroxyl groups is 1. The van der Waals surface area contributed by atoms with Crippen LogP contribution in [0, 0.1) is 5.92 Å². The molecular weight excluding hydrogens is 242 g/mol. The highest BCUT2D eigenvalue weighted by molar-refractivity contribution is 5.92. The van der Waals surface area contributed by atoms with Gasteiger partial charge in [0.15, 0.2) is 0 Å². The zero-order valence-corrected chi connectivity index (χ0v) is 11.1. The zero-order valence-electron chi connectivity index (χ0n) is 11.1. The normalized spacial score (nSPS) is 19.1. The molecule has 102 valence electrons. The molecule has 0 radical (unpaired) electrons. The molecule has 2 rings (SSSR count). The van der Waals surface area contributed by atoms with Gasteiger partial charge < -0.3 is 14.7 Å². The number of ether oxygens (including phenoxy) is 1. The second kappa shape index (κ2) is 6.38. The Labute approximate surface area is 113 Å². The third-order valence-electron chi connectivity index (χ3n) is 3.40. The van der Waals surface area contributed by atoms with E-state index in [0.29, 0.717) is 6.54 Å². The molecule has 1 fully saturated rings. The number of methoxy groups -OCH3 is 1. The van der Waals surface area contributed by atoms with Crippen molar-refractivity contribution in [2.75, 3.05) is 26.8 Å². The van der Waals surface area contributed by atoms with Crippen molar-refractivity contribution in [2.24, 2.45) is 5.92 Å². The zero-order chi connectivity index (χ0) is 13.7. The third kappa shape index (κ3) is 3.35. The fourth-order valence-corrected chi connectivity index (χ4v) is 2.25. The van der Waals surface area contributed by atoms with Crippen LogP contribution < -0.4 is 4.74 Å². The van der Waals surface area contributed by atoms with Crippen LogP contribution in [0.5, 0.6) is 5.75 Å². The van der Waals surface area contributed by atoms with E-state index in [-0.39, 0.29) is 18.4 Å². The molecule has 0 aliphatic carbocycles. The summed E-state index contributed by atoms with van der Waals surface area (Å²) in [5.74, 6) is 0.965. The first-order valence-corrected chi connectivity index (χ1v) is 6.45. The van der Waals surface area contributed by atoms with Gasteiger partial charge >= 0.3 is 0 Å². The molecular formula is C15H19NO3. The Hall–Kier alpha value is -1.81. The van der Waals surface area contributed by atoms with Gasteiger partial charge in [0.25, 0.3) is 0 Å². The molecule has 4 nitrogen and oxygen atoms in total. The molecule has 0 aromatic heterocycles. The molecule has 0 bridgehead atoms. The van der Waals surface area contributed by atoms with Gasteiger partial charge in [0.1, 0.15) is 5.75 Å². The molecule has 4 heteroatoms. The van der Waals surface area contributed by atoms with Gasteiger partial charge in [0, 0.05) is 37.3 Å². The lowest BCUT2D eigenvalue weighted by molar-refractivity contribution is -0.125. The van der Waals surface area contributed by atoms with Crippen LogP contribution in [0.2, 0.25) is 0 Å². The van der Waals surface area contributed by atoms with Gasteiger partial charge in [-0.3, -0.25) is 4.79 Å². The minimum absolute atomic E-state index is 0.0122. The summed E-state index contributed by atoms with van der Waals surface area (Å²) < 4.78 is 5.23. The Morgan fingerprint density at radius 1 is 1.53 bits per heavy atom. The van der Waals surface area contributed by atoms with Gasteiger partial charge in [-0.2, -0.15) is 0 Å². The van der Waals surface area contributed by atoms with Gasteiger partial charge in [-0.05, 0) is 18.6 Å². The summed E-state index contributed by atoms with van der Waals surface area (Å²) in [7, 11) is 1.61.